The van der Waals surface area contributed by atoms with Crippen molar-refractivity contribution in [2.75, 3.05) is 7.11 Å². The van der Waals surface area contributed by atoms with Gasteiger partial charge in [-0.3, -0.25) is 9.59 Å². The molecule has 0 unspecified atom stereocenters. The highest BCUT2D eigenvalue weighted by Gasteiger charge is 2.25. The number of aliphatic carboxylic acids is 1. The number of halogens is 1. The van der Waals surface area contributed by atoms with E-state index < -0.39 is 11.8 Å². The standard InChI is InChI=1S/C26H21ClN2O6/c1-34-22-12-21(35-29-22)24(30)23-18-10-17(19(27)11-20(18)28-25(23)31)15-6-2-13(3-7-15)14-4-8-16(9-5-14)26(32)33/h2-4,6-7,10-12,16,28,31H,5,8-9H2,1H3,(H,32,33)/t16-/m1/s1. The third-order valence-corrected chi connectivity index (χ3v) is 6.65. The van der Waals surface area contributed by atoms with Gasteiger partial charge in [0.2, 0.25) is 17.4 Å². The third kappa shape index (κ3) is 4.17. The lowest BCUT2D eigenvalue weighted by atomic mass is 9.86. The number of ether oxygens (including phenoxy) is 1. The molecule has 2 aromatic carbocycles. The number of allylic oxidation sites excluding steroid dienone is 2. The van der Waals surface area contributed by atoms with Crippen LogP contribution in [0.25, 0.3) is 27.6 Å². The van der Waals surface area contributed by atoms with Crippen LogP contribution in [0.5, 0.6) is 11.8 Å². The van der Waals surface area contributed by atoms with Gasteiger partial charge in [0.25, 0.3) is 5.88 Å². The summed E-state index contributed by atoms with van der Waals surface area (Å²) in [5.41, 5.74) is 4.24. The van der Waals surface area contributed by atoms with E-state index in [9.17, 15) is 19.8 Å². The maximum absolute atomic E-state index is 13.0. The van der Waals surface area contributed by atoms with Gasteiger partial charge in [0, 0.05) is 10.9 Å². The molecule has 5 rings (SSSR count). The summed E-state index contributed by atoms with van der Waals surface area (Å²) >= 11 is 6.55. The lowest BCUT2D eigenvalue weighted by Gasteiger charge is -2.19. The normalized spacial score (nSPS) is 15.7. The molecule has 0 aliphatic heterocycles. The van der Waals surface area contributed by atoms with Gasteiger partial charge in [-0.15, -0.1) is 0 Å². The molecule has 0 radical (unpaired) electrons. The van der Waals surface area contributed by atoms with Crippen LogP contribution in [0.1, 0.15) is 40.9 Å². The molecule has 8 nitrogen and oxygen atoms in total. The Bertz CT molecular complexity index is 1480. The van der Waals surface area contributed by atoms with E-state index in [4.69, 9.17) is 20.9 Å². The Morgan fingerprint density at radius 2 is 1.91 bits per heavy atom. The molecule has 9 heteroatoms. The van der Waals surface area contributed by atoms with Crippen molar-refractivity contribution in [3.05, 3.63) is 70.5 Å². The van der Waals surface area contributed by atoms with E-state index >= 15 is 0 Å². The van der Waals surface area contributed by atoms with Crippen molar-refractivity contribution in [2.24, 2.45) is 5.92 Å². The summed E-state index contributed by atoms with van der Waals surface area (Å²) in [4.78, 5) is 27.0. The molecule has 178 valence electrons. The van der Waals surface area contributed by atoms with Crippen LogP contribution in [0.15, 0.2) is 53.1 Å². The average molecular weight is 493 g/mol. The minimum Gasteiger partial charge on any atom is -0.494 e. The van der Waals surface area contributed by atoms with Gasteiger partial charge in [-0.05, 0) is 53.3 Å². The molecule has 1 aliphatic rings. The van der Waals surface area contributed by atoms with Crippen molar-refractivity contribution in [3.8, 4) is 22.9 Å². The Balaban J connectivity index is 1.49. The largest absolute Gasteiger partial charge is 0.494 e. The maximum Gasteiger partial charge on any atom is 0.306 e. The molecule has 0 spiro atoms. The molecule has 2 heterocycles. The van der Waals surface area contributed by atoms with Crippen molar-refractivity contribution in [2.45, 2.75) is 19.3 Å². The molecule has 1 atom stereocenters. The summed E-state index contributed by atoms with van der Waals surface area (Å²) in [5, 5.41) is 24.2. The van der Waals surface area contributed by atoms with E-state index in [-0.39, 0.29) is 29.0 Å². The second kappa shape index (κ2) is 8.96. The fraction of sp³-hybridized carbons (Fsp3) is 0.192. The summed E-state index contributed by atoms with van der Waals surface area (Å²) < 4.78 is 10.0. The molecular weight excluding hydrogens is 472 g/mol. The zero-order valence-electron chi connectivity index (χ0n) is 18.7. The number of aromatic nitrogens is 2. The number of methoxy groups -OCH3 is 1. The molecule has 4 aromatic rings. The first-order valence-corrected chi connectivity index (χ1v) is 11.4. The SMILES string of the molecule is COc1cc(C(=O)c2c(O)[nH]c3cc(Cl)c(-c4ccc(C5=CC[C@@H](C(=O)O)CC5)cc4)cc23)on1. The van der Waals surface area contributed by atoms with Crippen molar-refractivity contribution < 1.29 is 29.1 Å². The first-order chi connectivity index (χ1) is 16.9. The number of rotatable bonds is 6. The predicted molar refractivity (Wildman–Crippen MR) is 130 cm³/mol. The van der Waals surface area contributed by atoms with Crippen LogP contribution in [-0.4, -0.2) is 39.2 Å². The van der Waals surface area contributed by atoms with E-state index in [1.165, 1.54) is 13.2 Å². The topological polar surface area (TPSA) is 126 Å². The third-order valence-electron chi connectivity index (χ3n) is 6.34. The number of fused-ring (bicyclic) bond motifs is 1. The van der Waals surface area contributed by atoms with Gasteiger partial charge in [-0.1, -0.05) is 41.9 Å². The highest BCUT2D eigenvalue weighted by molar-refractivity contribution is 6.34. The molecule has 1 aliphatic carbocycles. The molecule has 35 heavy (non-hydrogen) atoms. The summed E-state index contributed by atoms with van der Waals surface area (Å²) in [5.74, 6) is -1.83. The van der Waals surface area contributed by atoms with Gasteiger partial charge in [0.05, 0.1) is 35.2 Å². The first kappa shape index (κ1) is 22.7. The number of benzene rings is 2. The van der Waals surface area contributed by atoms with Gasteiger partial charge < -0.3 is 24.5 Å². The second-order valence-corrected chi connectivity index (χ2v) is 8.81. The number of aromatic amines is 1. The number of carbonyl (C=O) groups excluding carboxylic acids is 1. The van der Waals surface area contributed by atoms with E-state index in [2.05, 4.69) is 10.1 Å². The number of nitrogens with one attached hydrogen (secondary N) is 1. The number of carboxylic acids is 1. The zero-order chi connectivity index (χ0) is 24.7. The molecule has 0 fully saturated rings. The van der Waals surface area contributed by atoms with E-state index in [0.29, 0.717) is 40.8 Å². The maximum atomic E-state index is 13.0. The molecule has 2 aromatic heterocycles. The first-order valence-electron chi connectivity index (χ1n) is 11.0. The molecule has 0 amide bonds. The van der Waals surface area contributed by atoms with Crippen LogP contribution >= 0.6 is 11.6 Å². The van der Waals surface area contributed by atoms with Gasteiger partial charge in [-0.25, -0.2) is 0 Å². The van der Waals surface area contributed by atoms with Crippen molar-refractivity contribution in [1.82, 2.24) is 10.1 Å². The molecular formula is C26H21ClN2O6. The molecule has 3 N–H and O–H groups in total. The van der Waals surface area contributed by atoms with Crippen molar-refractivity contribution in [3.63, 3.8) is 0 Å². The Morgan fingerprint density at radius 1 is 1.17 bits per heavy atom. The van der Waals surface area contributed by atoms with Crippen LogP contribution in [-0.2, 0) is 4.79 Å². The Morgan fingerprint density at radius 3 is 2.54 bits per heavy atom. The van der Waals surface area contributed by atoms with Gasteiger partial charge in [-0.2, -0.15) is 0 Å². The van der Waals surface area contributed by atoms with Crippen LogP contribution in [0, 0.1) is 5.92 Å². The number of aromatic hydroxyl groups is 1. The van der Waals surface area contributed by atoms with Gasteiger partial charge in [0.1, 0.15) is 0 Å². The minimum atomic E-state index is -0.753. The number of nitrogens with zero attached hydrogens (tertiary/aromatic N) is 1. The van der Waals surface area contributed by atoms with Gasteiger partial charge in [0.15, 0.2) is 0 Å². The number of hydrogen-bond donors (Lipinski definition) is 3. The van der Waals surface area contributed by atoms with Gasteiger partial charge >= 0.3 is 5.97 Å². The van der Waals surface area contributed by atoms with Crippen molar-refractivity contribution >= 4 is 39.8 Å². The van der Waals surface area contributed by atoms with E-state index in [1.807, 2.05) is 30.3 Å². The fourth-order valence-electron chi connectivity index (χ4n) is 4.42. The lowest BCUT2D eigenvalue weighted by Crippen LogP contribution is -2.15. The lowest BCUT2D eigenvalue weighted by molar-refractivity contribution is -0.141. The minimum absolute atomic E-state index is 0.0497. The highest BCUT2D eigenvalue weighted by atomic mass is 35.5. The highest BCUT2D eigenvalue weighted by Crippen LogP contribution is 2.38. The quantitative estimate of drug-likeness (QED) is 0.295. The van der Waals surface area contributed by atoms with Crippen LogP contribution in [0.2, 0.25) is 5.02 Å². The smallest absolute Gasteiger partial charge is 0.306 e. The number of H-pyrrole nitrogens is 1. The molecule has 0 bridgehead atoms. The number of carboxylic acid groups (broad SMARTS) is 1. The number of hydrogen-bond acceptors (Lipinski definition) is 6. The van der Waals surface area contributed by atoms with Crippen LogP contribution in [0.4, 0.5) is 0 Å². The Kier molecular flexibility index (Phi) is 5.82. The molecule has 0 saturated carbocycles. The summed E-state index contributed by atoms with van der Waals surface area (Å²) in [6.07, 6.45) is 3.86. The van der Waals surface area contributed by atoms with E-state index in [1.54, 1.807) is 12.1 Å². The van der Waals surface area contributed by atoms with Crippen LogP contribution in [0.3, 0.4) is 0 Å². The monoisotopic (exact) mass is 492 g/mol. The Hall–Kier alpha value is -4.04. The second-order valence-electron chi connectivity index (χ2n) is 8.41. The Labute approximate surface area is 204 Å². The van der Waals surface area contributed by atoms with Crippen molar-refractivity contribution in [1.29, 1.82) is 0 Å². The predicted octanol–water partition coefficient (Wildman–Crippen LogP) is 5.69. The summed E-state index contributed by atoms with van der Waals surface area (Å²) in [6, 6.07) is 12.6. The van der Waals surface area contributed by atoms with E-state index in [0.717, 1.165) is 16.7 Å². The number of ketones is 1. The van der Waals surface area contributed by atoms with Crippen LogP contribution < -0.4 is 4.74 Å². The number of carbonyl (C=O) groups is 2. The summed E-state index contributed by atoms with van der Waals surface area (Å²) in [6.45, 7) is 0. The summed E-state index contributed by atoms with van der Waals surface area (Å²) in [7, 11) is 1.41. The fourth-order valence-corrected chi connectivity index (χ4v) is 4.69. The average Bonchev–Trinajstić information content (AvgIpc) is 3.47. The zero-order valence-corrected chi connectivity index (χ0v) is 19.4. The molecule has 0 saturated heterocycles.